The Bertz CT molecular complexity index is 278. The van der Waals surface area contributed by atoms with Gasteiger partial charge in [0.05, 0.1) is 0 Å². The zero-order valence-electron chi connectivity index (χ0n) is 8.34. The molecule has 1 atom stereocenters. The average Bonchev–Trinajstić information content (AvgIpc) is 2.17. The van der Waals surface area contributed by atoms with Gasteiger partial charge in [0, 0.05) is 22.2 Å². The summed E-state index contributed by atoms with van der Waals surface area (Å²) in [7, 11) is 0. The van der Waals surface area contributed by atoms with Gasteiger partial charge in [0.25, 0.3) is 0 Å². The molecule has 0 spiro atoms. The molecule has 1 heterocycles. The minimum Gasteiger partial charge on any atom is -0.263 e. The van der Waals surface area contributed by atoms with Crippen molar-refractivity contribution in [3.63, 3.8) is 0 Å². The number of hydrogen-bond acceptors (Lipinski definition) is 1. The molecule has 1 aromatic rings. The summed E-state index contributed by atoms with van der Waals surface area (Å²) in [4.78, 5) is 4.12. The molecule has 3 heteroatoms. The largest absolute Gasteiger partial charge is 0.263 e. The second kappa shape index (κ2) is 6.41. The smallest absolute Gasteiger partial charge is 0.0410 e. The maximum atomic E-state index is 6.04. The molecule has 78 valence electrons. The van der Waals surface area contributed by atoms with Gasteiger partial charge in [-0.3, -0.25) is 4.98 Å². The van der Waals surface area contributed by atoms with Gasteiger partial charge in [-0.1, -0.05) is 6.92 Å². The quantitative estimate of drug-likeness (QED) is 0.735. The predicted molar refractivity (Wildman–Crippen MR) is 64.8 cm³/mol. The van der Waals surface area contributed by atoms with E-state index in [0.717, 1.165) is 30.2 Å². The van der Waals surface area contributed by atoms with Gasteiger partial charge in [0.2, 0.25) is 0 Å². The third kappa shape index (κ3) is 4.43. The van der Waals surface area contributed by atoms with Crippen molar-refractivity contribution in [1.29, 1.82) is 0 Å². The van der Waals surface area contributed by atoms with E-state index in [1.165, 1.54) is 5.56 Å². The zero-order valence-corrected chi connectivity index (χ0v) is 10.7. The molecule has 0 fully saturated rings. The lowest BCUT2D eigenvalue weighted by atomic mass is 10.1. The Morgan fingerprint density at radius 3 is 2.93 bits per heavy atom. The lowest BCUT2D eigenvalue weighted by molar-refractivity contribution is 0.673. The predicted octanol–water partition coefficient (Wildman–Crippen LogP) is 4.18. The number of aromatic nitrogens is 1. The fourth-order valence-electron chi connectivity index (χ4n) is 1.32. The molecule has 0 saturated heterocycles. The summed E-state index contributed by atoms with van der Waals surface area (Å²) in [5, 5.41) is 0.329. The Balaban J connectivity index is 2.31. The van der Waals surface area contributed by atoms with Crippen LogP contribution < -0.4 is 0 Å². The number of pyridine rings is 1. The van der Waals surface area contributed by atoms with E-state index in [-0.39, 0.29) is 0 Å². The first-order chi connectivity index (χ1) is 6.72. The fourth-order valence-corrected chi connectivity index (χ4v) is 1.89. The van der Waals surface area contributed by atoms with Crippen LogP contribution in [0, 0.1) is 0 Å². The van der Waals surface area contributed by atoms with Crippen LogP contribution in [0.4, 0.5) is 0 Å². The highest BCUT2D eigenvalue weighted by Gasteiger charge is 2.01. The van der Waals surface area contributed by atoms with Gasteiger partial charge in [-0.05, 0) is 53.2 Å². The highest BCUT2D eigenvalue weighted by molar-refractivity contribution is 9.10. The molecule has 0 saturated carbocycles. The molecule has 0 aromatic carbocycles. The van der Waals surface area contributed by atoms with E-state index in [0.29, 0.717) is 5.38 Å². The summed E-state index contributed by atoms with van der Waals surface area (Å²) in [6.45, 7) is 2.12. The van der Waals surface area contributed by atoms with E-state index in [1.807, 2.05) is 6.20 Å². The van der Waals surface area contributed by atoms with Gasteiger partial charge in [-0.2, -0.15) is 0 Å². The van der Waals surface area contributed by atoms with Crippen molar-refractivity contribution < 1.29 is 0 Å². The van der Waals surface area contributed by atoms with Crippen LogP contribution in [0.15, 0.2) is 22.9 Å². The van der Waals surface area contributed by atoms with Crippen LogP contribution in [0.1, 0.15) is 31.7 Å². The second-order valence-corrected chi connectivity index (χ2v) is 4.94. The number of aryl methyl sites for hydroxylation is 1. The standard InChI is InChI=1S/C11H15BrClN/c1-2-11(13)5-3-4-9-6-10(12)8-14-7-9/h6-8,11H,2-5H2,1H3. The van der Waals surface area contributed by atoms with Gasteiger partial charge < -0.3 is 0 Å². The van der Waals surface area contributed by atoms with E-state index in [1.54, 1.807) is 6.20 Å². The van der Waals surface area contributed by atoms with Crippen LogP contribution in [0.2, 0.25) is 0 Å². The third-order valence-corrected chi connectivity index (χ3v) is 3.15. The van der Waals surface area contributed by atoms with Crippen LogP contribution in [0.25, 0.3) is 0 Å². The highest BCUT2D eigenvalue weighted by atomic mass is 79.9. The maximum absolute atomic E-state index is 6.04. The van der Waals surface area contributed by atoms with Crippen molar-refractivity contribution in [2.24, 2.45) is 0 Å². The number of hydrogen-bond donors (Lipinski definition) is 0. The van der Waals surface area contributed by atoms with E-state index >= 15 is 0 Å². The van der Waals surface area contributed by atoms with Crippen LogP contribution in [-0.4, -0.2) is 10.4 Å². The molecule has 0 N–H and O–H groups in total. The van der Waals surface area contributed by atoms with Crippen molar-refractivity contribution in [1.82, 2.24) is 4.98 Å². The lowest BCUT2D eigenvalue weighted by Crippen LogP contribution is -1.97. The first-order valence-corrected chi connectivity index (χ1v) is 6.18. The van der Waals surface area contributed by atoms with Gasteiger partial charge in [0.15, 0.2) is 0 Å². The summed E-state index contributed by atoms with van der Waals surface area (Å²) in [5.41, 5.74) is 1.28. The van der Waals surface area contributed by atoms with Gasteiger partial charge in [-0.25, -0.2) is 0 Å². The summed E-state index contributed by atoms with van der Waals surface area (Å²) in [6, 6.07) is 2.11. The van der Waals surface area contributed by atoms with Crippen molar-refractivity contribution in [2.75, 3.05) is 0 Å². The summed E-state index contributed by atoms with van der Waals surface area (Å²) in [5.74, 6) is 0. The minimum absolute atomic E-state index is 0.329. The van der Waals surface area contributed by atoms with E-state index in [2.05, 4.69) is 33.9 Å². The van der Waals surface area contributed by atoms with E-state index in [9.17, 15) is 0 Å². The third-order valence-electron chi connectivity index (χ3n) is 2.19. The van der Waals surface area contributed by atoms with Crippen LogP contribution in [-0.2, 0) is 6.42 Å². The topological polar surface area (TPSA) is 12.9 Å². The zero-order chi connectivity index (χ0) is 10.4. The minimum atomic E-state index is 0.329. The number of rotatable bonds is 5. The Morgan fingerprint density at radius 1 is 1.50 bits per heavy atom. The molecular formula is C11H15BrClN. The van der Waals surface area contributed by atoms with Crippen molar-refractivity contribution in [3.8, 4) is 0 Å². The first-order valence-electron chi connectivity index (χ1n) is 4.96. The van der Waals surface area contributed by atoms with Crippen LogP contribution >= 0.6 is 27.5 Å². The number of alkyl halides is 1. The second-order valence-electron chi connectivity index (χ2n) is 3.41. The van der Waals surface area contributed by atoms with Crippen LogP contribution in [0.5, 0.6) is 0 Å². The summed E-state index contributed by atoms with van der Waals surface area (Å²) >= 11 is 9.45. The SMILES string of the molecule is CCC(Cl)CCCc1cncc(Br)c1. The van der Waals surface area contributed by atoms with Crippen molar-refractivity contribution >= 4 is 27.5 Å². The van der Waals surface area contributed by atoms with Gasteiger partial charge in [0.1, 0.15) is 0 Å². The molecule has 0 aliphatic rings. The molecule has 1 rings (SSSR count). The molecule has 0 aliphatic carbocycles. The van der Waals surface area contributed by atoms with Gasteiger partial charge in [-0.15, -0.1) is 11.6 Å². The molecule has 14 heavy (non-hydrogen) atoms. The molecule has 0 aliphatic heterocycles. The molecule has 1 unspecified atom stereocenters. The number of nitrogens with zero attached hydrogens (tertiary/aromatic N) is 1. The van der Waals surface area contributed by atoms with Gasteiger partial charge >= 0.3 is 0 Å². The summed E-state index contributed by atoms with van der Waals surface area (Å²) < 4.78 is 1.05. The van der Waals surface area contributed by atoms with Crippen molar-refractivity contribution in [3.05, 3.63) is 28.5 Å². The maximum Gasteiger partial charge on any atom is 0.0410 e. The number of halogens is 2. The normalized spacial score (nSPS) is 12.8. The molecule has 1 nitrogen and oxygen atoms in total. The fraction of sp³-hybridized carbons (Fsp3) is 0.545. The van der Waals surface area contributed by atoms with E-state index < -0.39 is 0 Å². The summed E-state index contributed by atoms with van der Waals surface area (Å²) in [6.07, 6.45) is 8.07. The Labute approximate surface area is 99.0 Å². The Hall–Kier alpha value is -0.0800. The average molecular weight is 277 g/mol. The highest BCUT2D eigenvalue weighted by Crippen LogP contribution is 2.14. The Kier molecular flexibility index (Phi) is 5.49. The first kappa shape index (κ1) is 12.0. The molecule has 0 radical (unpaired) electrons. The monoisotopic (exact) mass is 275 g/mol. The van der Waals surface area contributed by atoms with Crippen LogP contribution in [0.3, 0.4) is 0 Å². The molecule has 0 amide bonds. The molecule has 0 bridgehead atoms. The van der Waals surface area contributed by atoms with E-state index in [4.69, 9.17) is 11.6 Å². The van der Waals surface area contributed by atoms with Crippen molar-refractivity contribution in [2.45, 2.75) is 38.0 Å². The molecular weight excluding hydrogens is 261 g/mol. The Morgan fingerprint density at radius 2 is 2.29 bits per heavy atom. The lowest BCUT2D eigenvalue weighted by Gasteiger charge is -2.05. The molecule has 1 aromatic heterocycles.